The van der Waals surface area contributed by atoms with Crippen LogP contribution < -0.4 is 10.9 Å². The van der Waals surface area contributed by atoms with Gasteiger partial charge in [0.25, 0.3) is 11.5 Å². The van der Waals surface area contributed by atoms with Gasteiger partial charge >= 0.3 is 0 Å². The first-order valence-electron chi connectivity index (χ1n) is 9.85. The number of hydrogen-bond acceptors (Lipinski definition) is 4. The van der Waals surface area contributed by atoms with E-state index >= 15 is 0 Å². The number of amides is 1. The number of hydrogen-bond donors (Lipinski definition) is 1. The molecule has 0 fully saturated rings. The van der Waals surface area contributed by atoms with Crippen molar-refractivity contribution in [3.05, 3.63) is 81.0 Å². The van der Waals surface area contributed by atoms with Crippen molar-refractivity contribution in [2.75, 3.05) is 0 Å². The minimum Gasteiger partial charge on any atom is -0.345 e. The van der Waals surface area contributed by atoms with Crippen LogP contribution in [-0.4, -0.2) is 20.4 Å². The van der Waals surface area contributed by atoms with E-state index in [1.165, 1.54) is 4.57 Å². The number of benzene rings is 1. The smallest absolute Gasteiger partial charge is 0.263 e. The lowest BCUT2D eigenvalue weighted by Crippen LogP contribution is -2.37. The number of carbonyl (C=O) groups is 1. The molecule has 0 saturated carbocycles. The van der Waals surface area contributed by atoms with Gasteiger partial charge in [0.15, 0.2) is 5.82 Å². The standard InChI is InChI=1S/C23H24N4O2/c1-14-12-15(2)27(3)23(29)20(14)22(28)26-19-11-7-10-18-17(19)13-24-21(25-18)16-8-5-4-6-9-16/h4-6,8-9,12-13,19H,7,10-11H2,1-3H3,(H,26,28)/t19-/m1/s1. The highest BCUT2D eigenvalue weighted by atomic mass is 16.2. The molecule has 0 aliphatic heterocycles. The third-order valence-corrected chi connectivity index (χ3v) is 5.61. The van der Waals surface area contributed by atoms with Crippen LogP contribution in [0.2, 0.25) is 0 Å². The van der Waals surface area contributed by atoms with Gasteiger partial charge in [-0.15, -0.1) is 0 Å². The Balaban J connectivity index is 1.63. The van der Waals surface area contributed by atoms with Crippen LogP contribution in [0.5, 0.6) is 0 Å². The molecule has 1 aliphatic rings. The van der Waals surface area contributed by atoms with Crippen LogP contribution in [0.4, 0.5) is 0 Å². The number of aromatic nitrogens is 3. The number of nitrogens with one attached hydrogen (secondary N) is 1. The lowest BCUT2D eigenvalue weighted by atomic mass is 9.92. The number of carbonyl (C=O) groups excluding carboxylic acids is 1. The molecule has 2 heterocycles. The number of nitrogens with zero attached hydrogens (tertiary/aromatic N) is 3. The summed E-state index contributed by atoms with van der Waals surface area (Å²) in [6, 6.07) is 11.5. The average Bonchev–Trinajstić information content (AvgIpc) is 2.72. The van der Waals surface area contributed by atoms with E-state index in [2.05, 4.69) is 10.3 Å². The Hall–Kier alpha value is -3.28. The minimum atomic E-state index is -0.340. The largest absolute Gasteiger partial charge is 0.345 e. The normalized spacial score (nSPS) is 15.6. The SMILES string of the molecule is Cc1cc(C)n(C)c(=O)c1C(=O)N[C@@H]1CCCc2nc(-c3ccccc3)ncc21. The van der Waals surface area contributed by atoms with Gasteiger partial charge in [0.1, 0.15) is 5.56 Å². The van der Waals surface area contributed by atoms with Gasteiger partial charge in [0, 0.05) is 35.8 Å². The Bertz CT molecular complexity index is 1140. The van der Waals surface area contributed by atoms with Crippen molar-refractivity contribution >= 4 is 5.91 Å². The van der Waals surface area contributed by atoms with Crippen molar-refractivity contribution < 1.29 is 4.79 Å². The summed E-state index contributed by atoms with van der Waals surface area (Å²) in [6.07, 6.45) is 4.40. The van der Waals surface area contributed by atoms with Crippen LogP contribution in [0.25, 0.3) is 11.4 Å². The van der Waals surface area contributed by atoms with Gasteiger partial charge < -0.3 is 9.88 Å². The molecule has 0 unspecified atom stereocenters. The molecule has 29 heavy (non-hydrogen) atoms. The summed E-state index contributed by atoms with van der Waals surface area (Å²) in [7, 11) is 1.68. The lowest BCUT2D eigenvalue weighted by Gasteiger charge is -2.26. The van der Waals surface area contributed by atoms with E-state index in [4.69, 9.17) is 4.98 Å². The Labute approximate surface area is 169 Å². The molecule has 2 aromatic heterocycles. The summed E-state index contributed by atoms with van der Waals surface area (Å²) >= 11 is 0. The highest BCUT2D eigenvalue weighted by molar-refractivity contribution is 5.95. The fourth-order valence-corrected chi connectivity index (χ4v) is 3.91. The van der Waals surface area contributed by atoms with Crippen molar-refractivity contribution in [3.8, 4) is 11.4 Å². The molecule has 1 N–H and O–H groups in total. The van der Waals surface area contributed by atoms with E-state index in [-0.39, 0.29) is 23.1 Å². The Morgan fingerprint density at radius 2 is 1.97 bits per heavy atom. The van der Waals surface area contributed by atoms with Crippen LogP contribution in [0.1, 0.15) is 51.8 Å². The summed E-state index contributed by atoms with van der Waals surface area (Å²) in [4.78, 5) is 34.8. The van der Waals surface area contributed by atoms with Crippen molar-refractivity contribution in [1.82, 2.24) is 19.9 Å². The fourth-order valence-electron chi connectivity index (χ4n) is 3.91. The van der Waals surface area contributed by atoms with Crippen LogP contribution in [0, 0.1) is 13.8 Å². The molecule has 6 nitrogen and oxygen atoms in total. The Morgan fingerprint density at radius 1 is 1.21 bits per heavy atom. The molecule has 0 radical (unpaired) electrons. The van der Waals surface area contributed by atoms with Gasteiger partial charge in [0.2, 0.25) is 0 Å². The molecular weight excluding hydrogens is 364 g/mol. The Morgan fingerprint density at radius 3 is 2.72 bits per heavy atom. The van der Waals surface area contributed by atoms with E-state index < -0.39 is 0 Å². The van der Waals surface area contributed by atoms with Crippen molar-refractivity contribution in [2.45, 2.75) is 39.2 Å². The Kier molecular flexibility index (Phi) is 5.01. The predicted octanol–water partition coefficient (Wildman–Crippen LogP) is 3.27. The van der Waals surface area contributed by atoms with Gasteiger partial charge in [-0.3, -0.25) is 9.59 Å². The first kappa shape index (κ1) is 19.1. The molecular formula is C23H24N4O2. The van der Waals surface area contributed by atoms with Crippen molar-refractivity contribution in [2.24, 2.45) is 7.05 Å². The summed E-state index contributed by atoms with van der Waals surface area (Å²) in [5.41, 5.74) is 4.32. The van der Waals surface area contributed by atoms with E-state index in [0.29, 0.717) is 11.4 Å². The summed E-state index contributed by atoms with van der Waals surface area (Å²) in [6.45, 7) is 3.66. The molecule has 1 aromatic carbocycles. The van der Waals surface area contributed by atoms with E-state index in [9.17, 15) is 9.59 Å². The number of pyridine rings is 1. The summed E-state index contributed by atoms with van der Waals surface area (Å²) in [5.74, 6) is 0.354. The van der Waals surface area contributed by atoms with E-state index in [1.807, 2.05) is 49.5 Å². The molecule has 0 saturated heterocycles. The molecule has 148 valence electrons. The highest BCUT2D eigenvalue weighted by Gasteiger charge is 2.26. The average molecular weight is 388 g/mol. The fraction of sp³-hybridized carbons (Fsp3) is 0.304. The quantitative estimate of drug-likeness (QED) is 0.747. The molecule has 4 rings (SSSR count). The van der Waals surface area contributed by atoms with Crippen molar-refractivity contribution in [1.29, 1.82) is 0 Å². The topological polar surface area (TPSA) is 76.9 Å². The maximum atomic E-state index is 13.0. The third kappa shape index (κ3) is 3.58. The highest BCUT2D eigenvalue weighted by Crippen LogP contribution is 2.29. The number of fused-ring (bicyclic) bond motifs is 1. The van der Waals surface area contributed by atoms with Gasteiger partial charge in [-0.25, -0.2) is 9.97 Å². The zero-order chi connectivity index (χ0) is 20.5. The maximum Gasteiger partial charge on any atom is 0.263 e. The second kappa shape index (κ2) is 7.62. The van der Waals surface area contributed by atoms with Crippen molar-refractivity contribution in [3.63, 3.8) is 0 Å². The second-order valence-electron chi connectivity index (χ2n) is 7.59. The monoisotopic (exact) mass is 388 g/mol. The van der Waals surface area contributed by atoms with Gasteiger partial charge in [-0.2, -0.15) is 0 Å². The predicted molar refractivity (Wildman–Crippen MR) is 112 cm³/mol. The van der Waals surface area contributed by atoms with E-state index in [1.54, 1.807) is 14.0 Å². The first-order chi connectivity index (χ1) is 14.0. The maximum absolute atomic E-state index is 13.0. The molecule has 3 aromatic rings. The van der Waals surface area contributed by atoms with Crippen LogP contribution >= 0.6 is 0 Å². The van der Waals surface area contributed by atoms with Gasteiger partial charge in [0.05, 0.1) is 6.04 Å². The summed E-state index contributed by atoms with van der Waals surface area (Å²) in [5, 5.41) is 3.05. The van der Waals surface area contributed by atoms with Crippen LogP contribution in [0.3, 0.4) is 0 Å². The molecule has 1 aliphatic carbocycles. The van der Waals surface area contributed by atoms with Gasteiger partial charge in [-0.1, -0.05) is 30.3 Å². The molecule has 0 bridgehead atoms. The third-order valence-electron chi connectivity index (χ3n) is 5.61. The van der Waals surface area contributed by atoms with Crippen LogP contribution in [0.15, 0.2) is 47.4 Å². The van der Waals surface area contributed by atoms with Gasteiger partial charge in [-0.05, 0) is 44.7 Å². The second-order valence-corrected chi connectivity index (χ2v) is 7.59. The number of rotatable bonds is 3. The molecule has 1 amide bonds. The zero-order valence-corrected chi connectivity index (χ0v) is 16.9. The molecule has 6 heteroatoms. The first-order valence-corrected chi connectivity index (χ1v) is 9.85. The lowest BCUT2D eigenvalue weighted by molar-refractivity contribution is 0.0929. The summed E-state index contributed by atoms with van der Waals surface area (Å²) < 4.78 is 1.51. The van der Waals surface area contributed by atoms with Crippen LogP contribution in [-0.2, 0) is 13.5 Å². The minimum absolute atomic E-state index is 0.193. The number of aryl methyl sites for hydroxylation is 3. The molecule has 1 atom stereocenters. The molecule has 0 spiro atoms. The van der Waals surface area contributed by atoms with E-state index in [0.717, 1.165) is 41.8 Å². The zero-order valence-electron chi connectivity index (χ0n) is 16.9.